The van der Waals surface area contributed by atoms with E-state index in [0.29, 0.717) is 18.6 Å². The molecule has 0 aliphatic carbocycles. The summed E-state index contributed by atoms with van der Waals surface area (Å²) in [5, 5.41) is 0. The van der Waals surface area contributed by atoms with Crippen molar-refractivity contribution in [3.63, 3.8) is 0 Å². The molecule has 3 nitrogen and oxygen atoms in total. The molecule has 0 aliphatic rings. The quantitative estimate of drug-likeness (QED) is 0.794. The molecule has 0 bridgehead atoms. The fourth-order valence-electron chi connectivity index (χ4n) is 1.50. The number of benzene rings is 1. The molecule has 18 heavy (non-hydrogen) atoms. The molecule has 1 aromatic heterocycles. The third kappa shape index (κ3) is 3.67. The molecule has 0 N–H and O–H groups in total. The number of rotatable bonds is 5. The predicted octanol–water partition coefficient (Wildman–Crippen LogP) is 3.50. The van der Waals surface area contributed by atoms with Crippen molar-refractivity contribution in [2.24, 2.45) is 0 Å². The first kappa shape index (κ1) is 12.8. The van der Waals surface area contributed by atoms with Crippen LogP contribution in [0.1, 0.15) is 16.8 Å². The molecule has 0 fully saturated rings. The lowest BCUT2D eigenvalue weighted by atomic mass is 10.1. The van der Waals surface area contributed by atoms with E-state index >= 15 is 0 Å². The molecule has 4 heteroatoms. The highest BCUT2D eigenvalue weighted by Crippen LogP contribution is 2.17. The van der Waals surface area contributed by atoms with Crippen molar-refractivity contribution in [1.29, 1.82) is 0 Å². The topological polar surface area (TPSA) is 39.2 Å². The van der Waals surface area contributed by atoms with Gasteiger partial charge in [-0.3, -0.25) is 9.78 Å². The Morgan fingerprint density at radius 3 is 2.72 bits per heavy atom. The smallest absolute Gasteiger partial charge is 0.166 e. The Bertz CT molecular complexity index is 528. The number of nitrogens with zero attached hydrogens (tertiary/aromatic N) is 1. The number of pyridine rings is 1. The summed E-state index contributed by atoms with van der Waals surface area (Å²) in [4.78, 5) is 15.7. The van der Waals surface area contributed by atoms with E-state index < -0.39 is 0 Å². The van der Waals surface area contributed by atoms with E-state index in [2.05, 4.69) is 20.9 Å². The first-order chi connectivity index (χ1) is 8.75. The van der Waals surface area contributed by atoms with Gasteiger partial charge in [0.2, 0.25) is 0 Å². The van der Waals surface area contributed by atoms with Crippen LogP contribution >= 0.6 is 15.9 Å². The maximum absolute atomic E-state index is 11.8. The molecule has 1 aromatic carbocycles. The summed E-state index contributed by atoms with van der Waals surface area (Å²) in [6, 6.07) is 11.0. The van der Waals surface area contributed by atoms with Crippen LogP contribution < -0.4 is 4.74 Å². The second-order valence-electron chi connectivity index (χ2n) is 3.71. The Hall–Kier alpha value is -1.68. The Balaban J connectivity index is 1.84. The molecule has 0 unspecified atom stereocenters. The van der Waals surface area contributed by atoms with Gasteiger partial charge in [0, 0.05) is 28.9 Å². The third-order valence-corrected chi connectivity index (χ3v) is 2.89. The molecule has 0 aliphatic heterocycles. The number of carbonyl (C=O) groups excluding carboxylic acids is 1. The Morgan fingerprint density at radius 2 is 2.00 bits per heavy atom. The minimum Gasteiger partial charge on any atom is -0.493 e. The fourth-order valence-corrected chi connectivity index (χ4v) is 1.88. The van der Waals surface area contributed by atoms with Crippen LogP contribution in [0.2, 0.25) is 0 Å². The first-order valence-electron chi connectivity index (χ1n) is 5.57. The SMILES string of the molecule is O=C(CCOc1cccc(Br)c1)c1ccncc1. The molecule has 0 spiro atoms. The molecule has 0 amide bonds. The molecule has 0 atom stereocenters. The van der Waals surface area contributed by atoms with Crippen molar-refractivity contribution in [2.75, 3.05) is 6.61 Å². The molecular formula is C14H12BrNO2. The minimum absolute atomic E-state index is 0.0624. The monoisotopic (exact) mass is 305 g/mol. The van der Waals surface area contributed by atoms with Crippen LogP contribution in [-0.2, 0) is 0 Å². The molecule has 0 saturated heterocycles. The molecule has 1 heterocycles. The summed E-state index contributed by atoms with van der Waals surface area (Å²) >= 11 is 3.37. The van der Waals surface area contributed by atoms with Gasteiger partial charge in [-0.1, -0.05) is 22.0 Å². The second-order valence-corrected chi connectivity index (χ2v) is 4.63. The molecule has 2 rings (SSSR count). The average molecular weight is 306 g/mol. The van der Waals surface area contributed by atoms with E-state index in [-0.39, 0.29) is 5.78 Å². The van der Waals surface area contributed by atoms with Crippen LogP contribution in [-0.4, -0.2) is 17.4 Å². The van der Waals surface area contributed by atoms with Gasteiger partial charge in [0.25, 0.3) is 0 Å². The maximum Gasteiger partial charge on any atom is 0.166 e. The highest BCUT2D eigenvalue weighted by Gasteiger charge is 2.05. The highest BCUT2D eigenvalue weighted by molar-refractivity contribution is 9.10. The zero-order valence-corrected chi connectivity index (χ0v) is 11.3. The maximum atomic E-state index is 11.8. The highest BCUT2D eigenvalue weighted by atomic mass is 79.9. The normalized spacial score (nSPS) is 10.1. The predicted molar refractivity (Wildman–Crippen MR) is 72.8 cm³/mol. The summed E-state index contributed by atoms with van der Waals surface area (Å²) in [6.45, 7) is 0.373. The zero-order chi connectivity index (χ0) is 12.8. The number of Topliss-reactive ketones (excluding diaryl/α,β-unsaturated/α-hetero) is 1. The lowest BCUT2D eigenvalue weighted by Gasteiger charge is -2.05. The number of halogens is 1. The third-order valence-electron chi connectivity index (χ3n) is 2.40. The summed E-state index contributed by atoms with van der Waals surface area (Å²) in [6.07, 6.45) is 3.58. The van der Waals surface area contributed by atoms with E-state index in [9.17, 15) is 4.79 Å². The van der Waals surface area contributed by atoms with Crippen LogP contribution in [0.15, 0.2) is 53.3 Å². The number of aromatic nitrogens is 1. The van der Waals surface area contributed by atoms with Gasteiger partial charge in [-0.15, -0.1) is 0 Å². The summed E-state index contributed by atoms with van der Waals surface area (Å²) in [5.74, 6) is 0.819. The summed E-state index contributed by atoms with van der Waals surface area (Å²) in [5.41, 5.74) is 0.669. The number of hydrogen-bond donors (Lipinski definition) is 0. The second kappa shape index (κ2) is 6.31. The summed E-state index contributed by atoms with van der Waals surface area (Å²) in [7, 11) is 0. The van der Waals surface area contributed by atoms with Crippen molar-refractivity contribution in [3.05, 3.63) is 58.8 Å². The number of ketones is 1. The average Bonchev–Trinajstić information content (AvgIpc) is 2.40. The van der Waals surface area contributed by atoms with E-state index in [1.807, 2.05) is 24.3 Å². The van der Waals surface area contributed by atoms with Crippen LogP contribution in [0.4, 0.5) is 0 Å². The van der Waals surface area contributed by atoms with Crippen molar-refractivity contribution < 1.29 is 9.53 Å². The van der Waals surface area contributed by atoms with Gasteiger partial charge in [0.05, 0.1) is 6.61 Å². The number of hydrogen-bond acceptors (Lipinski definition) is 3. The van der Waals surface area contributed by atoms with Crippen LogP contribution in [0.3, 0.4) is 0 Å². The lowest BCUT2D eigenvalue weighted by molar-refractivity contribution is 0.0962. The molecular weight excluding hydrogens is 294 g/mol. The van der Waals surface area contributed by atoms with E-state index in [1.165, 1.54) is 0 Å². The fraction of sp³-hybridized carbons (Fsp3) is 0.143. The Kier molecular flexibility index (Phi) is 4.47. The van der Waals surface area contributed by atoms with Crippen molar-refractivity contribution in [2.45, 2.75) is 6.42 Å². The zero-order valence-electron chi connectivity index (χ0n) is 9.67. The van der Waals surface area contributed by atoms with Gasteiger partial charge in [0.1, 0.15) is 5.75 Å². The standard InChI is InChI=1S/C14H12BrNO2/c15-12-2-1-3-13(10-12)18-9-6-14(17)11-4-7-16-8-5-11/h1-5,7-8,10H,6,9H2. The molecule has 0 radical (unpaired) electrons. The Labute approximate surface area is 114 Å². The van der Waals surface area contributed by atoms with Crippen molar-refractivity contribution in [1.82, 2.24) is 4.98 Å². The van der Waals surface area contributed by atoms with Gasteiger partial charge in [-0.25, -0.2) is 0 Å². The molecule has 92 valence electrons. The number of ether oxygens (including phenoxy) is 1. The van der Waals surface area contributed by atoms with Crippen molar-refractivity contribution in [3.8, 4) is 5.75 Å². The van der Waals surface area contributed by atoms with Gasteiger partial charge < -0.3 is 4.74 Å². The van der Waals surface area contributed by atoms with Crippen molar-refractivity contribution >= 4 is 21.7 Å². The summed E-state index contributed by atoms with van der Waals surface area (Å²) < 4.78 is 6.47. The van der Waals surface area contributed by atoms with E-state index in [1.54, 1.807) is 24.5 Å². The van der Waals surface area contributed by atoms with Crippen LogP contribution in [0.5, 0.6) is 5.75 Å². The van der Waals surface area contributed by atoms with Gasteiger partial charge in [0.15, 0.2) is 5.78 Å². The lowest BCUT2D eigenvalue weighted by Crippen LogP contribution is -2.06. The molecule has 0 saturated carbocycles. The van der Waals surface area contributed by atoms with E-state index in [4.69, 9.17) is 4.74 Å². The molecule has 2 aromatic rings. The van der Waals surface area contributed by atoms with Crippen LogP contribution in [0.25, 0.3) is 0 Å². The van der Waals surface area contributed by atoms with Gasteiger partial charge in [-0.05, 0) is 30.3 Å². The van der Waals surface area contributed by atoms with E-state index in [0.717, 1.165) is 10.2 Å². The number of carbonyl (C=O) groups is 1. The van der Waals surface area contributed by atoms with Crippen LogP contribution in [0, 0.1) is 0 Å². The van der Waals surface area contributed by atoms with Gasteiger partial charge in [-0.2, -0.15) is 0 Å². The first-order valence-corrected chi connectivity index (χ1v) is 6.36. The van der Waals surface area contributed by atoms with Gasteiger partial charge >= 0.3 is 0 Å². The Morgan fingerprint density at radius 1 is 1.22 bits per heavy atom. The largest absolute Gasteiger partial charge is 0.493 e. The minimum atomic E-state index is 0.0624.